The van der Waals surface area contributed by atoms with Gasteiger partial charge in [0.15, 0.2) is 0 Å². The molecule has 3 rings (SSSR count). The lowest BCUT2D eigenvalue weighted by Crippen LogP contribution is -2.06. The van der Waals surface area contributed by atoms with Crippen molar-refractivity contribution in [3.63, 3.8) is 0 Å². The highest BCUT2D eigenvalue weighted by atomic mass is 79.9. The molecule has 0 aliphatic carbocycles. The van der Waals surface area contributed by atoms with Crippen LogP contribution in [0.25, 0.3) is 11.1 Å². The first-order valence-electron chi connectivity index (χ1n) is 6.78. The monoisotopic (exact) mass is 341 g/mol. The maximum Gasteiger partial charge on any atom is 0.136 e. The van der Waals surface area contributed by atoms with Gasteiger partial charge in [-0.1, -0.05) is 54.6 Å². The molecule has 0 radical (unpaired) electrons. The summed E-state index contributed by atoms with van der Waals surface area (Å²) in [6, 6.07) is 18.8. The van der Waals surface area contributed by atoms with Crippen molar-refractivity contribution < 1.29 is 0 Å². The minimum absolute atomic E-state index is 0.666. The molecule has 0 atom stereocenters. The van der Waals surface area contributed by atoms with Gasteiger partial charge in [-0.15, -0.1) is 0 Å². The molecule has 0 aliphatic heterocycles. The highest BCUT2D eigenvalue weighted by Gasteiger charge is 2.09. The van der Waals surface area contributed by atoms with Crippen LogP contribution in [0.5, 0.6) is 0 Å². The molecule has 0 aliphatic rings. The summed E-state index contributed by atoms with van der Waals surface area (Å²) in [5.74, 6) is 0.666. The molecule has 4 heteroatoms. The summed E-state index contributed by atoms with van der Waals surface area (Å²) in [7, 11) is 0. The van der Waals surface area contributed by atoms with Gasteiger partial charge in [-0.05, 0) is 39.5 Å². The van der Waals surface area contributed by atoms with E-state index >= 15 is 0 Å². The fourth-order valence-electron chi connectivity index (χ4n) is 2.30. The summed E-state index contributed by atoms with van der Waals surface area (Å²) in [6.45, 7) is 2.61. The maximum absolute atomic E-state index is 6.03. The average Bonchev–Trinajstić information content (AvgIpc) is 2.76. The second-order valence-electron chi connectivity index (χ2n) is 5.01. The third-order valence-corrected chi connectivity index (χ3v) is 4.46. The van der Waals surface area contributed by atoms with Gasteiger partial charge in [0.25, 0.3) is 0 Å². The molecule has 0 spiro atoms. The topological polar surface area (TPSA) is 43.8 Å². The van der Waals surface area contributed by atoms with E-state index in [1.165, 1.54) is 16.7 Å². The Kier molecular flexibility index (Phi) is 3.80. The smallest absolute Gasteiger partial charge is 0.136 e. The Morgan fingerprint density at radius 1 is 1.00 bits per heavy atom. The van der Waals surface area contributed by atoms with E-state index < -0.39 is 0 Å². The van der Waals surface area contributed by atoms with E-state index in [-0.39, 0.29) is 0 Å². The second kappa shape index (κ2) is 5.74. The van der Waals surface area contributed by atoms with Crippen LogP contribution in [0.1, 0.15) is 11.3 Å². The minimum Gasteiger partial charge on any atom is -0.383 e. The first-order valence-corrected chi connectivity index (χ1v) is 7.57. The van der Waals surface area contributed by atoms with Gasteiger partial charge in [0.1, 0.15) is 5.82 Å². The number of hydrogen-bond donors (Lipinski definition) is 1. The van der Waals surface area contributed by atoms with Gasteiger partial charge in [-0.2, -0.15) is 5.10 Å². The Balaban J connectivity index is 1.83. The largest absolute Gasteiger partial charge is 0.383 e. The first kappa shape index (κ1) is 13.9. The van der Waals surface area contributed by atoms with Gasteiger partial charge >= 0.3 is 0 Å². The quantitative estimate of drug-likeness (QED) is 0.773. The number of nitrogens with zero attached hydrogens (tertiary/aromatic N) is 2. The fourth-order valence-corrected chi connectivity index (χ4v) is 2.59. The average molecular weight is 342 g/mol. The van der Waals surface area contributed by atoms with Crippen molar-refractivity contribution in [2.45, 2.75) is 13.5 Å². The van der Waals surface area contributed by atoms with E-state index in [1.807, 2.05) is 29.8 Å². The highest BCUT2D eigenvalue weighted by molar-refractivity contribution is 9.10. The second-order valence-corrected chi connectivity index (χ2v) is 5.80. The fraction of sp³-hybridized carbons (Fsp3) is 0.118. The van der Waals surface area contributed by atoms with Crippen molar-refractivity contribution in [3.05, 3.63) is 70.3 Å². The summed E-state index contributed by atoms with van der Waals surface area (Å²) >= 11 is 3.45. The maximum atomic E-state index is 6.03. The van der Waals surface area contributed by atoms with Crippen molar-refractivity contribution in [2.75, 3.05) is 5.73 Å². The Bertz CT molecular complexity index is 746. The molecule has 0 bridgehead atoms. The summed E-state index contributed by atoms with van der Waals surface area (Å²) in [6.07, 6.45) is 0. The number of nitrogens with two attached hydrogens (primary N) is 1. The zero-order valence-electron chi connectivity index (χ0n) is 11.8. The lowest BCUT2D eigenvalue weighted by atomic mass is 10.0. The van der Waals surface area contributed by atoms with Gasteiger partial charge in [0, 0.05) is 0 Å². The Hall–Kier alpha value is -2.07. The molecular weight excluding hydrogens is 326 g/mol. The number of rotatable bonds is 3. The summed E-state index contributed by atoms with van der Waals surface area (Å²) in [4.78, 5) is 0. The molecule has 1 heterocycles. The Labute approximate surface area is 132 Å². The molecule has 3 nitrogen and oxygen atoms in total. The molecule has 2 N–H and O–H groups in total. The molecule has 106 valence electrons. The van der Waals surface area contributed by atoms with E-state index in [9.17, 15) is 0 Å². The van der Waals surface area contributed by atoms with E-state index in [0.717, 1.165) is 10.2 Å². The molecule has 0 saturated carbocycles. The molecule has 21 heavy (non-hydrogen) atoms. The Morgan fingerprint density at radius 2 is 1.62 bits per heavy atom. The molecule has 0 fully saturated rings. The minimum atomic E-state index is 0.666. The Morgan fingerprint density at radius 3 is 2.19 bits per heavy atom. The van der Waals surface area contributed by atoms with Crippen molar-refractivity contribution in [1.82, 2.24) is 9.78 Å². The number of anilines is 1. The zero-order valence-corrected chi connectivity index (χ0v) is 13.3. The van der Waals surface area contributed by atoms with Crippen molar-refractivity contribution in [2.24, 2.45) is 0 Å². The van der Waals surface area contributed by atoms with Crippen LogP contribution in [0.3, 0.4) is 0 Å². The number of aryl methyl sites for hydroxylation is 1. The number of hydrogen-bond acceptors (Lipinski definition) is 2. The third-order valence-electron chi connectivity index (χ3n) is 3.48. The van der Waals surface area contributed by atoms with Crippen LogP contribution < -0.4 is 5.73 Å². The van der Waals surface area contributed by atoms with Crippen LogP contribution in [0.15, 0.2) is 59.1 Å². The predicted molar refractivity (Wildman–Crippen MR) is 90.1 cm³/mol. The lowest BCUT2D eigenvalue weighted by Gasteiger charge is -2.06. The SMILES string of the molecule is Cc1nn(Cc2ccc(-c3ccccc3)cc2)c(N)c1Br. The summed E-state index contributed by atoms with van der Waals surface area (Å²) in [5.41, 5.74) is 10.6. The number of aromatic nitrogens is 2. The van der Waals surface area contributed by atoms with Crippen molar-refractivity contribution in [1.29, 1.82) is 0 Å². The van der Waals surface area contributed by atoms with Crippen molar-refractivity contribution in [3.8, 4) is 11.1 Å². The molecule has 0 saturated heterocycles. The molecule has 0 unspecified atom stereocenters. The summed E-state index contributed by atoms with van der Waals surface area (Å²) < 4.78 is 2.69. The molecular formula is C17H16BrN3. The zero-order chi connectivity index (χ0) is 14.8. The van der Waals surface area contributed by atoms with Gasteiger partial charge in [-0.3, -0.25) is 0 Å². The molecule has 1 aromatic heterocycles. The predicted octanol–water partition coefficient (Wildman–Crippen LogP) is 4.25. The standard InChI is InChI=1S/C17H16BrN3/c1-12-16(18)17(19)21(20-12)11-13-7-9-15(10-8-13)14-5-3-2-4-6-14/h2-10H,11,19H2,1H3. The molecule has 0 amide bonds. The van der Waals surface area contributed by atoms with Crippen LogP contribution in [0.4, 0.5) is 5.82 Å². The molecule has 2 aromatic carbocycles. The van der Waals surface area contributed by atoms with Crippen LogP contribution in [-0.2, 0) is 6.54 Å². The van der Waals surface area contributed by atoms with Gasteiger partial charge < -0.3 is 5.73 Å². The van der Waals surface area contributed by atoms with Gasteiger partial charge in [-0.25, -0.2) is 4.68 Å². The highest BCUT2D eigenvalue weighted by Crippen LogP contribution is 2.24. The van der Waals surface area contributed by atoms with Crippen LogP contribution in [0, 0.1) is 6.92 Å². The van der Waals surface area contributed by atoms with Crippen LogP contribution in [-0.4, -0.2) is 9.78 Å². The van der Waals surface area contributed by atoms with E-state index in [0.29, 0.717) is 12.4 Å². The first-order chi connectivity index (χ1) is 10.1. The van der Waals surface area contributed by atoms with Gasteiger partial charge in [0.2, 0.25) is 0 Å². The van der Waals surface area contributed by atoms with Crippen LogP contribution >= 0.6 is 15.9 Å². The molecule has 3 aromatic rings. The van der Waals surface area contributed by atoms with E-state index in [1.54, 1.807) is 0 Å². The number of halogens is 1. The number of nitrogen functional groups attached to an aromatic ring is 1. The van der Waals surface area contributed by atoms with Gasteiger partial charge in [0.05, 0.1) is 16.7 Å². The van der Waals surface area contributed by atoms with Crippen LogP contribution in [0.2, 0.25) is 0 Å². The number of benzene rings is 2. The normalized spacial score (nSPS) is 10.8. The van der Waals surface area contributed by atoms with Crippen molar-refractivity contribution >= 4 is 21.7 Å². The lowest BCUT2D eigenvalue weighted by molar-refractivity contribution is 0.689. The summed E-state index contributed by atoms with van der Waals surface area (Å²) in [5, 5.41) is 4.43. The van der Waals surface area contributed by atoms with E-state index in [2.05, 4.69) is 57.4 Å². The third kappa shape index (κ3) is 2.85. The van der Waals surface area contributed by atoms with E-state index in [4.69, 9.17) is 5.73 Å².